The van der Waals surface area contributed by atoms with Gasteiger partial charge in [-0.3, -0.25) is 9.59 Å². The van der Waals surface area contributed by atoms with Crippen molar-refractivity contribution >= 4 is 23.4 Å². The highest BCUT2D eigenvalue weighted by Gasteiger charge is 2.35. The second-order valence-electron chi connectivity index (χ2n) is 8.50. The zero-order valence-electron chi connectivity index (χ0n) is 17.8. The third-order valence-corrected chi connectivity index (χ3v) is 6.67. The van der Waals surface area contributed by atoms with E-state index in [2.05, 4.69) is 22.3 Å². The van der Waals surface area contributed by atoms with Crippen LogP contribution in [0.3, 0.4) is 0 Å². The third-order valence-electron chi connectivity index (χ3n) is 6.41. The van der Waals surface area contributed by atoms with Crippen LogP contribution in [-0.2, 0) is 4.79 Å². The van der Waals surface area contributed by atoms with Crippen molar-refractivity contribution < 1.29 is 9.59 Å². The van der Waals surface area contributed by atoms with Crippen LogP contribution >= 0.6 is 11.6 Å². The molecule has 2 heterocycles. The molecule has 164 valence electrons. The van der Waals surface area contributed by atoms with Gasteiger partial charge in [-0.15, -0.1) is 0 Å². The lowest BCUT2D eigenvalue weighted by Crippen LogP contribution is -2.47. The van der Waals surface area contributed by atoms with Gasteiger partial charge in [-0.05, 0) is 68.6 Å². The molecule has 2 aliphatic heterocycles. The van der Waals surface area contributed by atoms with Crippen LogP contribution in [0.15, 0.2) is 54.6 Å². The van der Waals surface area contributed by atoms with E-state index in [1.54, 1.807) is 24.3 Å². The fourth-order valence-electron chi connectivity index (χ4n) is 4.68. The number of nitrogens with one attached hydrogen (secondary N) is 1. The molecule has 2 fully saturated rings. The van der Waals surface area contributed by atoms with Gasteiger partial charge in [0.05, 0.1) is 12.0 Å². The molecule has 5 nitrogen and oxygen atoms in total. The van der Waals surface area contributed by atoms with Gasteiger partial charge in [0.1, 0.15) is 0 Å². The molecular weight excluding hydrogens is 410 g/mol. The molecule has 0 bridgehead atoms. The highest BCUT2D eigenvalue weighted by molar-refractivity contribution is 6.30. The molecule has 0 radical (unpaired) electrons. The van der Waals surface area contributed by atoms with Gasteiger partial charge >= 0.3 is 0 Å². The number of amides is 2. The summed E-state index contributed by atoms with van der Waals surface area (Å²) in [5.41, 5.74) is 1.71. The molecule has 2 unspecified atom stereocenters. The second-order valence-corrected chi connectivity index (χ2v) is 8.94. The van der Waals surface area contributed by atoms with Crippen molar-refractivity contribution in [3.8, 4) is 0 Å². The van der Waals surface area contributed by atoms with E-state index in [0.29, 0.717) is 23.7 Å². The topological polar surface area (TPSA) is 52.7 Å². The molecule has 2 aromatic rings. The number of piperidine rings is 1. The van der Waals surface area contributed by atoms with Crippen molar-refractivity contribution in [1.82, 2.24) is 15.1 Å². The van der Waals surface area contributed by atoms with Crippen LogP contribution in [0.1, 0.15) is 47.6 Å². The Labute approximate surface area is 189 Å². The maximum atomic E-state index is 13.4. The van der Waals surface area contributed by atoms with E-state index in [1.807, 2.05) is 23.1 Å². The summed E-state index contributed by atoms with van der Waals surface area (Å²) in [5, 5.41) is 3.71. The van der Waals surface area contributed by atoms with Crippen molar-refractivity contribution in [2.24, 2.45) is 5.92 Å². The van der Waals surface area contributed by atoms with Crippen molar-refractivity contribution in [3.63, 3.8) is 0 Å². The van der Waals surface area contributed by atoms with Gasteiger partial charge in [0.15, 0.2) is 0 Å². The molecule has 1 N–H and O–H groups in total. The van der Waals surface area contributed by atoms with E-state index in [1.165, 1.54) is 12.8 Å². The summed E-state index contributed by atoms with van der Waals surface area (Å²) in [5.74, 6) is -0.186. The number of hydrogen-bond donors (Lipinski definition) is 1. The molecule has 6 heteroatoms. The molecule has 0 spiro atoms. The van der Waals surface area contributed by atoms with E-state index in [0.717, 1.165) is 38.0 Å². The van der Waals surface area contributed by atoms with Gasteiger partial charge in [-0.2, -0.15) is 0 Å². The molecule has 2 saturated heterocycles. The van der Waals surface area contributed by atoms with Crippen LogP contribution in [0.5, 0.6) is 0 Å². The maximum Gasteiger partial charge on any atom is 0.254 e. The molecule has 0 saturated carbocycles. The summed E-state index contributed by atoms with van der Waals surface area (Å²) in [4.78, 5) is 30.5. The average Bonchev–Trinajstić information content (AvgIpc) is 3.33. The average molecular weight is 440 g/mol. The number of benzene rings is 2. The summed E-state index contributed by atoms with van der Waals surface area (Å²) in [6.45, 7) is 4.25. The van der Waals surface area contributed by atoms with Crippen LogP contribution in [0, 0.1) is 5.92 Å². The SMILES string of the molecule is O=C(NCCN1CCCC1)C1CCC(c2ccccc2)N(C(=O)c2ccc(Cl)cc2)C1. The number of hydrogen-bond acceptors (Lipinski definition) is 3. The number of likely N-dealkylation sites (tertiary alicyclic amines) is 2. The Kier molecular flexibility index (Phi) is 7.25. The van der Waals surface area contributed by atoms with E-state index in [9.17, 15) is 9.59 Å². The first-order valence-electron chi connectivity index (χ1n) is 11.2. The Morgan fingerprint density at radius 1 is 0.968 bits per heavy atom. The summed E-state index contributed by atoms with van der Waals surface area (Å²) in [6, 6.07) is 17.0. The summed E-state index contributed by atoms with van der Waals surface area (Å²) in [7, 11) is 0. The lowest BCUT2D eigenvalue weighted by atomic mass is 9.88. The van der Waals surface area contributed by atoms with Crippen molar-refractivity contribution in [3.05, 3.63) is 70.7 Å². The third kappa shape index (κ3) is 5.46. The Balaban J connectivity index is 1.45. The molecule has 0 aliphatic carbocycles. The summed E-state index contributed by atoms with van der Waals surface area (Å²) >= 11 is 6.01. The fourth-order valence-corrected chi connectivity index (χ4v) is 4.80. The number of carbonyl (C=O) groups excluding carboxylic acids is 2. The molecule has 2 atom stereocenters. The van der Waals surface area contributed by atoms with Crippen LogP contribution in [-0.4, -0.2) is 54.3 Å². The van der Waals surface area contributed by atoms with Crippen LogP contribution in [0.4, 0.5) is 0 Å². The normalized spacial score (nSPS) is 21.8. The standard InChI is InChI=1S/C25H30ClN3O2/c26-22-11-8-20(9-12-22)25(31)29-18-21(10-13-23(29)19-6-2-1-3-7-19)24(30)27-14-17-28-15-4-5-16-28/h1-3,6-9,11-12,21,23H,4-5,10,13-18H2,(H,27,30). The zero-order valence-corrected chi connectivity index (χ0v) is 18.6. The number of carbonyl (C=O) groups is 2. The molecule has 31 heavy (non-hydrogen) atoms. The molecule has 2 amide bonds. The minimum Gasteiger partial charge on any atom is -0.355 e. The maximum absolute atomic E-state index is 13.4. The Morgan fingerprint density at radius 2 is 1.68 bits per heavy atom. The lowest BCUT2D eigenvalue weighted by Gasteiger charge is -2.39. The molecular formula is C25H30ClN3O2. The van der Waals surface area contributed by atoms with Crippen molar-refractivity contribution in [2.75, 3.05) is 32.7 Å². The predicted molar refractivity (Wildman–Crippen MR) is 123 cm³/mol. The van der Waals surface area contributed by atoms with Gasteiger partial charge in [0.25, 0.3) is 5.91 Å². The second kappa shape index (κ2) is 10.3. The zero-order chi connectivity index (χ0) is 21.6. The Bertz CT molecular complexity index is 881. The van der Waals surface area contributed by atoms with Crippen molar-refractivity contribution in [2.45, 2.75) is 31.7 Å². The minimum atomic E-state index is -0.185. The van der Waals surface area contributed by atoms with Gasteiger partial charge in [-0.1, -0.05) is 41.9 Å². The van der Waals surface area contributed by atoms with Gasteiger partial charge in [-0.25, -0.2) is 0 Å². The van der Waals surface area contributed by atoms with Crippen LogP contribution < -0.4 is 5.32 Å². The first-order valence-corrected chi connectivity index (χ1v) is 11.6. The molecule has 2 aliphatic rings. The van der Waals surface area contributed by atoms with Gasteiger partial charge < -0.3 is 15.1 Å². The van der Waals surface area contributed by atoms with Crippen LogP contribution in [0.25, 0.3) is 0 Å². The predicted octanol–water partition coefficient (Wildman–Crippen LogP) is 4.15. The van der Waals surface area contributed by atoms with Crippen LogP contribution in [0.2, 0.25) is 5.02 Å². The van der Waals surface area contributed by atoms with Gasteiger partial charge in [0.2, 0.25) is 5.91 Å². The first kappa shape index (κ1) is 21.8. The highest BCUT2D eigenvalue weighted by Crippen LogP contribution is 2.34. The minimum absolute atomic E-state index is 0.0296. The van der Waals surface area contributed by atoms with E-state index in [-0.39, 0.29) is 23.8 Å². The number of rotatable bonds is 6. The van der Waals surface area contributed by atoms with E-state index >= 15 is 0 Å². The summed E-state index contributed by atoms with van der Waals surface area (Å²) in [6.07, 6.45) is 4.05. The Hall–Kier alpha value is -2.37. The monoisotopic (exact) mass is 439 g/mol. The molecule has 0 aromatic heterocycles. The van der Waals surface area contributed by atoms with E-state index < -0.39 is 0 Å². The number of nitrogens with zero attached hydrogens (tertiary/aromatic N) is 2. The summed E-state index contributed by atoms with van der Waals surface area (Å²) < 4.78 is 0. The van der Waals surface area contributed by atoms with Gasteiger partial charge in [0, 0.05) is 30.2 Å². The molecule has 4 rings (SSSR count). The fraction of sp³-hybridized carbons (Fsp3) is 0.440. The smallest absolute Gasteiger partial charge is 0.254 e. The van der Waals surface area contributed by atoms with Crippen molar-refractivity contribution in [1.29, 1.82) is 0 Å². The quantitative estimate of drug-likeness (QED) is 0.735. The largest absolute Gasteiger partial charge is 0.355 e. The highest BCUT2D eigenvalue weighted by atomic mass is 35.5. The first-order chi connectivity index (χ1) is 15.1. The number of halogens is 1. The Morgan fingerprint density at radius 3 is 2.39 bits per heavy atom. The lowest BCUT2D eigenvalue weighted by molar-refractivity contribution is -0.126. The van der Waals surface area contributed by atoms with E-state index in [4.69, 9.17) is 11.6 Å². The molecule has 2 aromatic carbocycles.